The standard InChI is InChI=1S/C18H22N4O6/c1-2-27-17(24)8-14-12-26-7-5-22(14)16(23)11-21-10-13(9-19-21)20-18(25)15-4-3-6-28-15/h3-4,6,9-10,14H,2,5,7-8,11-12H2,1H3,(H,20,25). The van der Waals surface area contributed by atoms with E-state index in [2.05, 4.69) is 10.4 Å². The summed E-state index contributed by atoms with van der Waals surface area (Å²) in [7, 11) is 0. The molecule has 1 saturated heterocycles. The third-order valence-corrected chi connectivity index (χ3v) is 4.19. The van der Waals surface area contributed by atoms with Gasteiger partial charge in [-0.05, 0) is 19.1 Å². The number of nitrogens with zero attached hydrogens (tertiary/aromatic N) is 3. The minimum atomic E-state index is -0.404. The van der Waals surface area contributed by atoms with Gasteiger partial charge < -0.3 is 24.1 Å². The van der Waals surface area contributed by atoms with E-state index < -0.39 is 5.91 Å². The number of amides is 2. The number of aromatic nitrogens is 2. The van der Waals surface area contributed by atoms with Crippen LogP contribution in [0.5, 0.6) is 0 Å². The Labute approximate surface area is 161 Å². The maximum Gasteiger partial charge on any atom is 0.307 e. The van der Waals surface area contributed by atoms with Gasteiger partial charge >= 0.3 is 5.97 Å². The maximum absolute atomic E-state index is 12.7. The van der Waals surface area contributed by atoms with Crippen LogP contribution >= 0.6 is 0 Å². The van der Waals surface area contributed by atoms with Crippen LogP contribution in [0.1, 0.15) is 23.9 Å². The molecule has 1 fully saturated rings. The molecule has 0 spiro atoms. The van der Waals surface area contributed by atoms with Gasteiger partial charge in [0.25, 0.3) is 5.91 Å². The first-order valence-electron chi connectivity index (χ1n) is 8.97. The minimum Gasteiger partial charge on any atom is -0.466 e. The Morgan fingerprint density at radius 1 is 1.39 bits per heavy atom. The number of anilines is 1. The molecule has 0 aromatic carbocycles. The maximum atomic E-state index is 12.7. The number of morpholine rings is 1. The van der Waals surface area contributed by atoms with Crippen LogP contribution in [0, 0.1) is 0 Å². The van der Waals surface area contributed by atoms with Crippen molar-refractivity contribution >= 4 is 23.5 Å². The number of ether oxygens (including phenoxy) is 2. The molecule has 1 atom stereocenters. The molecule has 1 unspecified atom stereocenters. The Morgan fingerprint density at radius 3 is 3.00 bits per heavy atom. The summed E-state index contributed by atoms with van der Waals surface area (Å²) in [5, 5.41) is 6.75. The summed E-state index contributed by atoms with van der Waals surface area (Å²) in [6, 6.07) is 2.80. The van der Waals surface area contributed by atoms with Gasteiger partial charge in [-0.1, -0.05) is 0 Å². The summed E-state index contributed by atoms with van der Waals surface area (Å²) < 4.78 is 16.8. The minimum absolute atomic E-state index is 0.0179. The average Bonchev–Trinajstić information content (AvgIpc) is 3.34. The molecule has 0 bridgehead atoms. The Bertz CT molecular complexity index is 816. The molecule has 0 saturated carbocycles. The number of carbonyl (C=O) groups is 3. The van der Waals surface area contributed by atoms with Crippen LogP contribution in [-0.4, -0.2) is 64.9 Å². The van der Waals surface area contributed by atoms with Crippen molar-refractivity contribution in [3.8, 4) is 0 Å². The first-order valence-corrected chi connectivity index (χ1v) is 8.97. The third kappa shape index (κ3) is 4.97. The fourth-order valence-electron chi connectivity index (χ4n) is 2.91. The molecular formula is C18H22N4O6. The van der Waals surface area contributed by atoms with Crippen molar-refractivity contribution < 1.29 is 28.3 Å². The van der Waals surface area contributed by atoms with Crippen molar-refractivity contribution in [2.75, 3.05) is 31.7 Å². The molecule has 0 radical (unpaired) electrons. The van der Waals surface area contributed by atoms with Gasteiger partial charge in [0.2, 0.25) is 5.91 Å². The number of esters is 1. The predicted octanol–water partition coefficient (Wildman–Crippen LogP) is 0.909. The monoisotopic (exact) mass is 390 g/mol. The molecule has 10 nitrogen and oxygen atoms in total. The lowest BCUT2D eigenvalue weighted by atomic mass is 10.1. The molecule has 3 heterocycles. The molecule has 1 N–H and O–H groups in total. The van der Waals surface area contributed by atoms with Crippen LogP contribution < -0.4 is 5.32 Å². The summed E-state index contributed by atoms with van der Waals surface area (Å²) in [6.07, 6.45) is 4.50. The second kappa shape index (κ2) is 9.18. The Morgan fingerprint density at radius 2 is 2.25 bits per heavy atom. The lowest BCUT2D eigenvalue weighted by Crippen LogP contribution is -2.50. The zero-order chi connectivity index (χ0) is 19.9. The largest absolute Gasteiger partial charge is 0.466 e. The van der Waals surface area contributed by atoms with Crippen molar-refractivity contribution in [2.45, 2.75) is 25.9 Å². The normalized spacial score (nSPS) is 16.6. The molecule has 3 rings (SSSR count). The van der Waals surface area contributed by atoms with E-state index in [1.807, 2.05) is 0 Å². The topological polar surface area (TPSA) is 116 Å². The summed E-state index contributed by atoms with van der Waals surface area (Å²) in [5.74, 6) is -0.778. The van der Waals surface area contributed by atoms with Gasteiger partial charge in [-0.25, -0.2) is 0 Å². The van der Waals surface area contributed by atoms with Gasteiger partial charge in [0.1, 0.15) is 6.54 Å². The summed E-state index contributed by atoms with van der Waals surface area (Å²) in [4.78, 5) is 38.0. The lowest BCUT2D eigenvalue weighted by Gasteiger charge is -2.35. The number of hydrogen-bond acceptors (Lipinski definition) is 7. The van der Waals surface area contributed by atoms with Crippen molar-refractivity contribution in [3.63, 3.8) is 0 Å². The van der Waals surface area contributed by atoms with Crippen molar-refractivity contribution in [1.29, 1.82) is 0 Å². The molecular weight excluding hydrogens is 368 g/mol. The average molecular weight is 390 g/mol. The Kier molecular flexibility index (Phi) is 6.43. The predicted molar refractivity (Wildman–Crippen MR) is 96.5 cm³/mol. The van der Waals surface area contributed by atoms with Gasteiger partial charge in [0, 0.05) is 12.7 Å². The number of furan rings is 1. The van der Waals surface area contributed by atoms with E-state index in [0.717, 1.165) is 0 Å². The van der Waals surface area contributed by atoms with E-state index in [-0.39, 0.29) is 43.3 Å². The fraction of sp³-hybridized carbons (Fsp3) is 0.444. The van der Waals surface area contributed by atoms with Crippen LogP contribution in [-0.2, 0) is 25.6 Å². The van der Waals surface area contributed by atoms with Gasteiger partial charge in [0.15, 0.2) is 5.76 Å². The lowest BCUT2D eigenvalue weighted by molar-refractivity contribution is -0.150. The Hall–Kier alpha value is -3.14. The third-order valence-electron chi connectivity index (χ3n) is 4.19. The number of carbonyl (C=O) groups excluding carboxylic acids is 3. The summed E-state index contributed by atoms with van der Waals surface area (Å²) in [5.41, 5.74) is 0.444. The zero-order valence-corrected chi connectivity index (χ0v) is 15.5. The summed E-state index contributed by atoms with van der Waals surface area (Å²) >= 11 is 0. The SMILES string of the molecule is CCOC(=O)CC1COCCN1C(=O)Cn1cc(NC(=O)c2ccco2)cn1. The highest BCUT2D eigenvalue weighted by molar-refractivity contribution is 6.02. The van der Waals surface area contributed by atoms with Gasteiger partial charge in [0.05, 0.1) is 50.4 Å². The van der Waals surface area contributed by atoms with Gasteiger partial charge in [-0.2, -0.15) is 5.10 Å². The van der Waals surface area contributed by atoms with Crippen LogP contribution in [0.4, 0.5) is 5.69 Å². The highest BCUT2D eigenvalue weighted by Crippen LogP contribution is 2.14. The molecule has 1 aliphatic heterocycles. The van der Waals surface area contributed by atoms with Crippen LogP contribution in [0.2, 0.25) is 0 Å². The van der Waals surface area contributed by atoms with E-state index in [1.165, 1.54) is 17.1 Å². The molecule has 28 heavy (non-hydrogen) atoms. The van der Waals surface area contributed by atoms with Gasteiger partial charge in [-0.15, -0.1) is 0 Å². The van der Waals surface area contributed by atoms with E-state index in [1.54, 1.807) is 30.2 Å². The van der Waals surface area contributed by atoms with E-state index in [4.69, 9.17) is 13.9 Å². The van der Waals surface area contributed by atoms with E-state index in [9.17, 15) is 14.4 Å². The molecule has 2 aromatic rings. The number of hydrogen-bond donors (Lipinski definition) is 1. The van der Waals surface area contributed by atoms with Crippen LogP contribution in [0.25, 0.3) is 0 Å². The van der Waals surface area contributed by atoms with E-state index >= 15 is 0 Å². The first-order chi connectivity index (χ1) is 13.6. The zero-order valence-electron chi connectivity index (χ0n) is 15.5. The number of nitrogens with one attached hydrogen (secondary N) is 1. The smallest absolute Gasteiger partial charge is 0.307 e. The quantitative estimate of drug-likeness (QED) is 0.699. The van der Waals surface area contributed by atoms with Crippen LogP contribution in [0.3, 0.4) is 0 Å². The molecule has 10 heteroatoms. The highest BCUT2D eigenvalue weighted by atomic mass is 16.5. The molecule has 2 aromatic heterocycles. The van der Waals surface area contributed by atoms with Crippen molar-refractivity contribution in [1.82, 2.24) is 14.7 Å². The van der Waals surface area contributed by atoms with Gasteiger partial charge in [-0.3, -0.25) is 19.1 Å². The number of rotatable bonds is 7. The fourth-order valence-corrected chi connectivity index (χ4v) is 2.91. The molecule has 0 aliphatic carbocycles. The van der Waals surface area contributed by atoms with Crippen molar-refractivity contribution in [2.24, 2.45) is 0 Å². The second-order valence-electron chi connectivity index (χ2n) is 6.18. The molecule has 2 amide bonds. The molecule has 150 valence electrons. The highest BCUT2D eigenvalue weighted by Gasteiger charge is 2.29. The Balaban J connectivity index is 1.58. The van der Waals surface area contributed by atoms with Crippen molar-refractivity contribution in [3.05, 3.63) is 36.5 Å². The molecule has 1 aliphatic rings. The van der Waals surface area contributed by atoms with Crippen LogP contribution in [0.15, 0.2) is 35.2 Å². The summed E-state index contributed by atoms with van der Waals surface area (Å²) in [6.45, 7) is 3.10. The first kappa shape index (κ1) is 19.6. The van der Waals surface area contributed by atoms with E-state index in [0.29, 0.717) is 25.4 Å². The second-order valence-corrected chi connectivity index (χ2v) is 6.18.